The maximum atomic E-state index is 12.7. The van der Waals surface area contributed by atoms with Gasteiger partial charge in [0.15, 0.2) is 6.04 Å². The minimum absolute atomic E-state index is 0.228. The van der Waals surface area contributed by atoms with Crippen LogP contribution in [0.1, 0.15) is 6.42 Å². The van der Waals surface area contributed by atoms with Gasteiger partial charge in [-0.25, -0.2) is 14.9 Å². The number of aromatic nitrogens is 4. The van der Waals surface area contributed by atoms with Gasteiger partial charge in [0.2, 0.25) is 0 Å². The molecule has 0 aliphatic carbocycles. The van der Waals surface area contributed by atoms with Crippen molar-refractivity contribution in [3.8, 4) is 0 Å². The Labute approximate surface area is 91.5 Å². The molecular formula is C7H6F3N5O2. The molecule has 1 atom stereocenters. The number of amides is 1. The van der Waals surface area contributed by atoms with Gasteiger partial charge in [0.1, 0.15) is 0 Å². The summed E-state index contributed by atoms with van der Waals surface area (Å²) in [5.74, 6) is -0.977. The van der Waals surface area contributed by atoms with Crippen molar-refractivity contribution in [1.29, 1.82) is 0 Å². The zero-order chi connectivity index (χ0) is 12.6. The second-order valence-electron chi connectivity index (χ2n) is 3.27. The van der Waals surface area contributed by atoms with Crippen LogP contribution in [0, 0.1) is 0 Å². The molecule has 0 bridgehead atoms. The number of carbonyl (C=O) groups is 1. The smallest absolute Gasteiger partial charge is 0.268 e. The highest BCUT2D eigenvalue weighted by Crippen LogP contribution is 2.28. The van der Waals surface area contributed by atoms with E-state index in [1.165, 1.54) is 0 Å². The molecule has 1 N–H and O–H groups in total. The van der Waals surface area contributed by atoms with E-state index in [1.807, 2.05) is 5.10 Å². The molecule has 1 amide bonds. The Morgan fingerprint density at radius 2 is 2.12 bits per heavy atom. The Morgan fingerprint density at radius 1 is 1.41 bits per heavy atom. The van der Waals surface area contributed by atoms with E-state index in [0.717, 1.165) is 12.2 Å². The predicted octanol–water partition coefficient (Wildman–Crippen LogP) is -0.678. The quantitative estimate of drug-likeness (QED) is 0.714. The lowest BCUT2D eigenvalue weighted by atomic mass is 10.1. The second kappa shape index (κ2) is 3.71. The summed E-state index contributed by atoms with van der Waals surface area (Å²) in [5, 5.41) is 8.21. The van der Waals surface area contributed by atoms with Crippen LogP contribution in [0.25, 0.3) is 0 Å². The molecule has 0 radical (unpaired) electrons. The summed E-state index contributed by atoms with van der Waals surface area (Å²) in [6.45, 7) is 0. The van der Waals surface area contributed by atoms with Crippen LogP contribution in [-0.4, -0.2) is 38.4 Å². The molecule has 0 saturated heterocycles. The van der Waals surface area contributed by atoms with E-state index < -0.39 is 30.2 Å². The van der Waals surface area contributed by atoms with Crippen LogP contribution >= 0.6 is 0 Å². The number of rotatable bonds is 1. The van der Waals surface area contributed by atoms with Crippen molar-refractivity contribution in [2.24, 2.45) is 0 Å². The Hall–Kier alpha value is -2.13. The number of hydrogen-bond acceptors (Lipinski definition) is 4. The average molecular weight is 249 g/mol. The van der Waals surface area contributed by atoms with Crippen molar-refractivity contribution in [3.63, 3.8) is 0 Å². The van der Waals surface area contributed by atoms with E-state index in [-0.39, 0.29) is 9.80 Å². The highest BCUT2D eigenvalue weighted by atomic mass is 19.4. The number of aromatic amines is 1. The number of carbonyl (C=O) groups excluding carboxylic acids is 1. The zero-order valence-electron chi connectivity index (χ0n) is 8.18. The Morgan fingerprint density at radius 3 is 2.65 bits per heavy atom. The van der Waals surface area contributed by atoms with Crippen molar-refractivity contribution >= 4 is 5.91 Å². The lowest BCUT2D eigenvalue weighted by Crippen LogP contribution is -2.58. The number of nitrogens with zero attached hydrogens (tertiary/aromatic N) is 4. The van der Waals surface area contributed by atoms with E-state index in [9.17, 15) is 22.8 Å². The van der Waals surface area contributed by atoms with Crippen LogP contribution in [0.2, 0.25) is 0 Å². The van der Waals surface area contributed by atoms with Gasteiger partial charge >= 0.3 is 11.9 Å². The molecule has 1 unspecified atom stereocenters. The number of halogens is 3. The number of H-pyrrole nitrogens is 1. The van der Waals surface area contributed by atoms with Crippen LogP contribution in [0.3, 0.4) is 0 Å². The molecule has 1 aliphatic rings. The van der Waals surface area contributed by atoms with Crippen molar-refractivity contribution in [3.05, 3.63) is 22.6 Å². The van der Waals surface area contributed by atoms with Gasteiger partial charge in [-0.05, 0) is 16.8 Å². The van der Waals surface area contributed by atoms with Crippen LogP contribution in [0.4, 0.5) is 13.2 Å². The number of tetrazole rings is 1. The molecule has 2 rings (SSSR count). The Balaban J connectivity index is 2.47. The van der Waals surface area contributed by atoms with Crippen LogP contribution in [-0.2, 0) is 4.79 Å². The minimum atomic E-state index is -4.65. The first-order valence-corrected chi connectivity index (χ1v) is 4.48. The highest BCUT2D eigenvalue weighted by molar-refractivity contribution is 5.97. The van der Waals surface area contributed by atoms with Crippen molar-refractivity contribution in [2.75, 3.05) is 5.01 Å². The Bertz CT molecular complexity index is 516. The first kappa shape index (κ1) is 11.4. The topological polar surface area (TPSA) is 83.9 Å². The summed E-state index contributed by atoms with van der Waals surface area (Å²) in [5.41, 5.74) is -1.01. The number of hydrogen-bond donors (Lipinski definition) is 1. The third-order valence-corrected chi connectivity index (χ3v) is 2.18. The SMILES string of the molecule is O=C1C=CCC(C(F)(F)F)N1n1nn[nH]c1=O. The molecule has 2 heterocycles. The van der Waals surface area contributed by atoms with Crippen LogP contribution in [0.15, 0.2) is 16.9 Å². The van der Waals surface area contributed by atoms with Crippen molar-refractivity contribution in [2.45, 2.75) is 18.6 Å². The largest absolute Gasteiger partial charge is 0.411 e. The van der Waals surface area contributed by atoms with E-state index in [0.29, 0.717) is 0 Å². The molecular weight excluding hydrogens is 243 g/mol. The van der Waals surface area contributed by atoms with Gasteiger partial charge in [0.05, 0.1) is 0 Å². The molecule has 0 spiro atoms. The first-order valence-electron chi connectivity index (χ1n) is 4.48. The van der Waals surface area contributed by atoms with Crippen LogP contribution in [0.5, 0.6) is 0 Å². The fourth-order valence-electron chi connectivity index (χ4n) is 1.46. The van der Waals surface area contributed by atoms with Gasteiger partial charge in [-0.1, -0.05) is 10.9 Å². The van der Waals surface area contributed by atoms with Gasteiger partial charge in [-0.2, -0.15) is 13.2 Å². The van der Waals surface area contributed by atoms with Crippen molar-refractivity contribution in [1.82, 2.24) is 20.3 Å². The fraction of sp³-hybridized carbons (Fsp3) is 0.429. The molecule has 10 heteroatoms. The third kappa shape index (κ3) is 1.92. The van der Waals surface area contributed by atoms with E-state index in [1.54, 1.807) is 0 Å². The monoisotopic (exact) mass is 249 g/mol. The molecule has 0 saturated carbocycles. The highest BCUT2D eigenvalue weighted by Gasteiger charge is 2.47. The van der Waals surface area contributed by atoms with Gasteiger partial charge in [0.25, 0.3) is 5.91 Å². The van der Waals surface area contributed by atoms with Gasteiger partial charge in [-0.15, -0.1) is 0 Å². The van der Waals surface area contributed by atoms with Crippen molar-refractivity contribution < 1.29 is 18.0 Å². The number of nitrogens with one attached hydrogen (secondary N) is 1. The molecule has 92 valence electrons. The summed E-state index contributed by atoms with van der Waals surface area (Å²) < 4.78 is 38.1. The van der Waals surface area contributed by atoms with Gasteiger partial charge < -0.3 is 0 Å². The molecule has 1 aromatic rings. The lowest BCUT2D eigenvalue weighted by molar-refractivity contribution is -0.158. The molecule has 0 aromatic carbocycles. The fourth-order valence-corrected chi connectivity index (χ4v) is 1.46. The summed E-state index contributed by atoms with van der Waals surface area (Å²) in [7, 11) is 0. The first-order chi connectivity index (χ1) is 7.91. The van der Waals surface area contributed by atoms with E-state index in [4.69, 9.17) is 0 Å². The van der Waals surface area contributed by atoms with Gasteiger partial charge in [-0.3, -0.25) is 4.79 Å². The van der Waals surface area contributed by atoms with Gasteiger partial charge in [0, 0.05) is 6.08 Å². The molecule has 1 aromatic heterocycles. The predicted molar refractivity (Wildman–Crippen MR) is 47.5 cm³/mol. The molecule has 17 heavy (non-hydrogen) atoms. The molecule has 1 aliphatic heterocycles. The standard InChI is InChI=1S/C7H6F3N5O2/c8-7(9,10)4-2-1-3-5(16)14(4)15-6(17)11-12-13-15/h1,3-4H,2H2,(H,11,13,17). The summed E-state index contributed by atoms with van der Waals surface area (Å²) >= 11 is 0. The zero-order valence-corrected chi connectivity index (χ0v) is 8.18. The maximum absolute atomic E-state index is 12.7. The third-order valence-electron chi connectivity index (χ3n) is 2.18. The van der Waals surface area contributed by atoms with E-state index >= 15 is 0 Å². The lowest BCUT2D eigenvalue weighted by Gasteiger charge is -2.31. The maximum Gasteiger partial charge on any atom is 0.411 e. The molecule has 0 fully saturated rings. The van der Waals surface area contributed by atoms with E-state index in [2.05, 4.69) is 10.4 Å². The average Bonchev–Trinajstić information content (AvgIpc) is 2.62. The summed E-state index contributed by atoms with van der Waals surface area (Å²) in [4.78, 5) is 22.8. The summed E-state index contributed by atoms with van der Waals surface area (Å²) in [6, 6.07) is -2.12. The minimum Gasteiger partial charge on any atom is -0.268 e. The second-order valence-corrected chi connectivity index (χ2v) is 3.27. The van der Waals surface area contributed by atoms with Crippen LogP contribution < -0.4 is 10.7 Å². The summed E-state index contributed by atoms with van der Waals surface area (Å²) in [6.07, 6.45) is -3.04. The molecule has 7 nitrogen and oxygen atoms in total. The number of alkyl halides is 3. The normalized spacial score (nSPS) is 21.0. The Kier molecular flexibility index (Phi) is 2.48.